The van der Waals surface area contributed by atoms with Crippen LogP contribution in [0.25, 0.3) is 28.0 Å². The third-order valence-corrected chi connectivity index (χ3v) is 8.91. The van der Waals surface area contributed by atoms with Gasteiger partial charge in [-0.25, -0.2) is 9.78 Å². The molecular formula is C39H47ClN4O5. The Labute approximate surface area is 294 Å². The van der Waals surface area contributed by atoms with Crippen LogP contribution in [0.15, 0.2) is 73.8 Å². The highest BCUT2D eigenvalue weighted by atomic mass is 35.5. The zero-order chi connectivity index (χ0) is 35.5. The highest BCUT2D eigenvalue weighted by molar-refractivity contribution is 6.31. The van der Waals surface area contributed by atoms with Crippen LogP contribution in [0.4, 0.5) is 5.82 Å². The molecule has 49 heavy (non-hydrogen) atoms. The van der Waals surface area contributed by atoms with E-state index in [1.165, 1.54) is 0 Å². The van der Waals surface area contributed by atoms with E-state index < -0.39 is 17.7 Å². The molecular weight excluding hydrogens is 640 g/mol. The molecule has 4 aromatic rings. The number of benzene rings is 2. The van der Waals surface area contributed by atoms with Gasteiger partial charge in [0.1, 0.15) is 11.6 Å². The molecule has 1 unspecified atom stereocenters. The highest BCUT2D eigenvalue weighted by Crippen LogP contribution is 2.39. The number of rotatable bonds is 13. The van der Waals surface area contributed by atoms with E-state index in [2.05, 4.69) is 31.0 Å². The summed E-state index contributed by atoms with van der Waals surface area (Å²) in [6.45, 7) is 20.9. The minimum atomic E-state index is -1.25. The molecule has 0 saturated carbocycles. The summed E-state index contributed by atoms with van der Waals surface area (Å²) in [5, 5.41) is 16.2. The number of aliphatic carboxylic acids is 1. The molecule has 10 heteroatoms. The topological polar surface area (TPSA) is 98.4 Å². The van der Waals surface area contributed by atoms with E-state index in [-0.39, 0.29) is 11.7 Å². The summed E-state index contributed by atoms with van der Waals surface area (Å²) in [4.78, 5) is 19.9. The maximum absolute atomic E-state index is 12.8. The first-order chi connectivity index (χ1) is 23.2. The molecule has 1 aliphatic rings. The number of carboxylic acids is 1. The molecule has 2 aromatic heterocycles. The van der Waals surface area contributed by atoms with Crippen LogP contribution in [0.5, 0.6) is 5.75 Å². The quantitative estimate of drug-likeness (QED) is 0.139. The van der Waals surface area contributed by atoms with Crippen molar-refractivity contribution in [2.24, 2.45) is 0 Å². The fourth-order valence-electron chi connectivity index (χ4n) is 6.23. The smallest absolute Gasteiger partial charge is 0.337 e. The SMILES string of the molecule is C=CCOC1(C)CCN(c2c(C(OC(C)(C)C)C(=O)O)c(C)nc3cc(-c4cccc(-c5cc(Cl)ccc5O[C@@H](C)CC=C)c4)nn23)CC1. The summed E-state index contributed by atoms with van der Waals surface area (Å²) in [5.41, 5.74) is 3.97. The molecule has 1 aliphatic heterocycles. The third kappa shape index (κ3) is 8.35. The monoisotopic (exact) mass is 686 g/mol. The van der Waals surface area contributed by atoms with Crippen LogP contribution in [-0.4, -0.2) is 62.7 Å². The highest BCUT2D eigenvalue weighted by Gasteiger charge is 2.37. The van der Waals surface area contributed by atoms with Gasteiger partial charge in [-0.3, -0.25) is 0 Å². The van der Waals surface area contributed by atoms with Gasteiger partial charge in [0.05, 0.1) is 35.2 Å². The van der Waals surface area contributed by atoms with Crippen molar-refractivity contribution in [3.05, 3.63) is 90.1 Å². The first-order valence-electron chi connectivity index (χ1n) is 16.7. The minimum Gasteiger partial charge on any atom is -0.490 e. The minimum absolute atomic E-state index is 0.0564. The van der Waals surface area contributed by atoms with E-state index in [0.717, 1.165) is 35.3 Å². The normalized spacial score (nSPS) is 15.9. The molecule has 1 fully saturated rings. The predicted octanol–water partition coefficient (Wildman–Crippen LogP) is 8.87. The number of hydrogen-bond donors (Lipinski definition) is 1. The maximum Gasteiger partial charge on any atom is 0.337 e. The lowest BCUT2D eigenvalue weighted by Gasteiger charge is -2.41. The average Bonchev–Trinajstić information content (AvgIpc) is 3.47. The molecule has 5 rings (SSSR count). The van der Waals surface area contributed by atoms with E-state index in [0.29, 0.717) is 59.6 Å². The summed E-state index contributed by atoms with van der Waals surface area (Å²) >= 11 is 6.46. The zero-order valence-electron chi connectivity index (χ0n) is 29.3. The molecule has 9 nitrogen and oxygen atoms in total. The van der Waals surface area contributed by atoms with Crippen LogP contribution in [0.3, 0.4) is 0 Å². The summed E-state index contributed by atoms with van der Waals surface area (Å²) in [6.07, 6.45) is 4.49. The van der Waals surface area contributed by atoms with Crippen molar-refractivity contribution in [3.63, 3.8) is 0 Å². The molecule has 0 spiro atoms. The van der Waals surface area contributed by atoms with Crippen LogP contribution in [0, 0.1) is 6.92 Å². The van der Waals surface area contributed by atoms with E-state index >= 15 is 0 Å². The summed E-state index contributed by atoms with van der Waals surface area (Å²) < 4.78 is 20.4. The summed E-state index contributed by atoms with van der Waals surface area (Å²) in [6, 6.07) is 15.6. The summed E-state index contributed by atoms with van der Waals surface area (Å²) in [5.74, 6) is 0.301. The number of aryl methyl sites for hydroxylation is 1. The Bertz CT molecular complexity index is 1840. The van der Waals surface area contributed by atoms with E-state index in [1.54, 1.807) is 10.6 Å². The fraction of sp³-hybridized carbons (Fsp3) is 0.410. The largest absolute Gasteiger partial charge is 0.490 e. The Morgan fingerprint density at radius 2 is 1.82 bits per heavy atom. The van der Waals surface area contributed by atoms with Crippen LogP contribution in [0.1, 0.15) is 71.2 Å². The molecule has 0 radical (unpaired) electrons. The van der Waals surface area contributed by atoms with Gasteiger partial charge >= 0.3 is 5.97 Å². The molecule has 0 bridgehead atoms. The second kappa shape index (κ2) is 14.7. The zero-order valence-corrected chi connectivity index (χ0v) is 30.1. The lowest BCUT2D eigenvalue weighted by molar-refractivity contribution is -0.160. The average molecular weight is 687 g/mol. The number of halogens is 1. The number of aromatic nitrogens is 3. The van der Waals surface area contributed by atoms with Gasteiger partial charge in [-0.2, -0.15) is 9.61 Å². The molecule has 0 aliphatic carbocycles. The molecule has 2 aromatic carbocycles. The van der Waals surface area contributed by atoms with E-state index in [9.17, 15) is 9.90 Å². The second-order valence-electron chi connectivity index (χ2n) is 13.9. The van der Waals surface area contributed by atoms with Crippen LogP contribution in [-0.2, 0) is 14.3 Å². The number of carbonyl (C=O) groups is 1. The van der Waals surface area contributed by atoms with Gasteiger partial charge in [-0.15, -0.1) is 13.2 Å². The van der Waals surface area contributed by atoms with E-state index in [4.69, 9.17) is 35.9 Å². The molecule has 1 saturated heterocycles. The van der Waals surface area contributed by atoms with Gasteiger partial charge in [0.2, 0.25) is 0 Å². The first-order valence-corrected chi connectivity index (χ1v) is 17.1. The lowest BCUT2D eigenvalue weighted by atomic mass is 9.92. The molecule has 0 amide bonds. The number of nitrogens with zero attached hydrogens (tertiary/aromatic N) is 4. The predicted molar refractivity (Wildman–Crippen MR) is 196 cm³/mol. The van der Waals surface area contributed by atoms with Crippen LogP contribution >= 0.6 is 11.6 Å². The van der Waals surface area contributed by atoms with E-state index in [1.807, 2.05) is 83.2 Å². The van der Waals surface area contributed by atoms with Crippen molar-refractivity contribution in [1.29, 1.82) is 0 Å². The molecule has 1 N–H and O–H groups in total. The first kappa shape index (κ1) is 36.1. The van der Waals surface area contributed by atoms with Gasteiger partial charge < -0.3 is 24.2 Å². The maximum atomic E-state index is 12.8. The van der Waals surface area contributed by atoms with Gasteiger partial charge in [0.25, 0.3) is 0 Å². The molecule has 2 atom stereocenters. The number of ether oxygens (including phenoxy) is 3. The Kier molecular flexibility index (Phi) is 10.9. The Hall–Kier alpha value is -4.18. The molecule has 3 heterocycles. The van der Waals surface area contributed by atoms with Crippen molar-refractivity contribution in [2.45, 2.75) is 84.2 Å². The van der Waals surface area contributed by atoms with Gasteiger partial charge in [0.15, 0.2) is 11.8 Å². The standard InChI is InChI=1S/C39H47ClN4O5/c1-9-12-25(3)48-32-16-15-29(40)23-30(32)27-13-11-14-28(22-27)31-24-33-41-26(4)34(35(37(45)46)49-38(5,6)7)36(44(33)42-31)43-19-17-39(8,18-20-43)47-21-10-2/h9-11,13-16,22-25,35H,1-2,12,17-21H2,3-8H3,(H,45,46)/t25-,35?/m0/s1. The van der Waals surface area contributed by atoms with Crippen molar-refractivity contribution >= 4 is 29.0 Å². The van der Waals surface area contributed by atoms with Gasteiger partial charge in [-0.05, 0) is 84.2 Å². The number of piperidine rings is 1. The number of carboxylic acid groups (broad SMARTS) is 1. The van der Waals surface area contributed by atoms with Crippen molar-refractivity contribution in [3.8, 4) is 28.1 Å². The van der Waals surface area contributed by atoms with Crippen molar-refractivity contribution < 1.29 is 24.1 Å². The molecule has 260 valence electrons. The van der Waals surface area contributed by atoms with Crippen molar-refractivity contribution in [2.75, 3.05) is 24.6 Å². The summed E-state index contributed by atoms with van der Waals surface area (Å²) in [7, 11) is 0. The third-order valence-electron chi connectivity index (χ3n) is 8.67. The lowest BCUT2D eigenvalue weighted by Crippen LogP contribution is -2.45. The Morgan fingerprint density at radius 1 is 1.10 bits per heavy atom. The number of hydrogen-bond acceptors (Lipinski definition) is 7. The second-order valence-corrected chi connectivity index (χ2v) is 14.3. The number of fused-ring (bicyclic) bond motifs is 1. The van der Waals surface area contributed by atoms with Gasteiger partial charge in [-0.1, -0.05) is 42.0 Å². The van der Waals surface area contributed by atoms with Crippen LogP contribution in [0.2, 0.25) is 5.02 Å². The van der Waals surface area contributed by atoms with Crippen LogP contribution < -0.4 is 9.64 Å². The van der Waals surface area contributed by atoms with Gasteiger partial charge in [0, 0.05) is 47.4 Å². The van der Waals surface area contributed by atoms with Crippen molar-refractivity contribution in [1.82, 2.24) is 14.6 Å². The Morgan fingerprint density at radius 3 is 2.47 bits per heavy atom. The Balaban J connectivity index is 1.63. The fourth-order valence-corrected chi connectivity index (χ4v) is 6.40. The number of anilines is 1.